The molecular weight excluding hydrogens is 252 g/mol. The predicted octanol–water partition coefficient (Wildman–Crippen LogP) is 1.94. The van der Waals surface area contributed by atoms with Gasteiger partial charge in [-0.3, -0.25) is 4.79 Å². The van der Waals surface area contributed by atoms with Gasteiger partial charge >= 0.3 is 0 Å². The SMILES string of the molecule is COc1ccc2c(c1)C(NCC1CCC(=O)N1)CCC2. The number of benzene rings is 1. The van der Waals surface area contributed by atoms with E-state index in [1.165, 1.54) is 17.5 Å². The largest absolute Gasteiger partial charge is 0.497 e. The normalized spacial score (nSPS) is 25.1. The molecule has 1 aliphatic heterocycles. The molecule has 20 heavy (non-hydrogen) atoms. The predicted molar refractivity (Wildman–Crippen MR) is 77.8 cm³/mol. The van der Waals surface area contributed by atoms with Gasteiger partial charge in [0, 0.05) is 25.0 Å². The summed E-state index contributed by atoms with van der Waals surface area (Å²) in [6, 6.07) is 7.04. The number of hydrogen-bond donors (Lipinski definition) is 2. The highest BCUT2D eigenvalue weighted by molar-refractivity contribution is 5.78. The number of fused-ring (bicyclic) bond motifs is 1. The molecule has 1 fully saturated rings. The quantitative estimate of drug-likeness (QED) is 0.882. The van der Waals surface area contributed by atoms with Crippen molar-refractivity contribution < 1.29 is 9.53 Å². The Hall–Kier alpha value is -1.55. The first-order valence-electron chi connectivity index (χ1n) is 7.46. The van der Waals surface area contributed by atoms with Crippen molar-refractivity contribution in [3.8, 4) is 5.75 Å². The first kappa shape index (κ1) is 13.4. The van der Waals surface area contributed by atoms with Crippen LogP contribution < -0.4 is 15.4 Å². The third-order valence-electron chi connectivity index (χ3n) is 4.36. The van der Waals surface area contributed by atoms with E-state index in [2.05, 4.69) is 22.8 Å². The second kappa shape index (κ2) is 5.83. The van der Waals surface area contributed by atoms with E-state index in [9.17, 15) is 4.79 Å². The summed E-state index contributed by atoms with van der Waals surface area (Å²) in [7, 11) is 1.71. The van der Waals surface area contributed by atoms with Crippen molar-refractivity contribution in [1.82, 2.24) is 10.6 Å². The zero-order valence-corrected chi connectivity index (χ0v) is 11.9. The average Bonchev–Trinajstić information content (AvgIpc) is 2.90. The third-order valence-corrected chi connectivity index (χ3v) is 4.36. The molecule has 4 nitrogen and oxygen atoms in total. The number of rotatable bonds is 4. The van der Waals surface area contributed by atoms with E-state index in [0.29, 0.717) is 18.5 Å². The second-order valence-electron chi connectivity index (χ2n) is 5.72. The smallest absolute Gasteiger partial charge is 0.220 e. The van der Waals surface area contributed by atoms with Crippen LogP contribution in [0.2, 0.25) is 0 Å². The molecule has 2 unspecified atom stereocenters. The maximum Gasteiger partial charge on any atom is 0.220 e. The molecule has 2 N–H and O–H groups in total. The minimum Gasteiger partial charge on any atom is -0.497 e. The molecule has 2 aliphatic rings. The minimum atomic E-state index is 0.183. The van der Waals surface area contributed by atoms with Crippen LogP contribution in [0, 0.1) is 0 Å². The number of nitrogens with one attached hydrogen (secondary N) is 2. The van der Waals surface area contributed by atoms with Crippen LogP contribution in [0.5, 0.6) is 5.75 Å². The van der Waals surface area contributed by atoms with Gasteiger partial charge < -0.3 is 15.4 Å². The van der Waals surface area contributed by atoms with Crippen molar-refractivity contribution >= 4 is 5.91 Å². The number of aryl methyl sites for hydroxylation is 1. The number of carbonyl (C=O) groups excluding carboxylic acids is 1. The van der Waals surface area contributed by atoms with Gasteiger partial charge in [-0.25, -0.2) is 0 Å². The molecular formula is C16H22N2O2. The highest BCUT2D eigenvalue weighted by atomic mass is 16.5. The van der Waals surface area contributed by atoms with Crippen LogP contribution in [0.4, 0.5) is 0 Å². The number of hydrogen-bond acceptors (Lipinski definition) is 3. The van der Waals surface area contributed by atoms with Gasteiger partial charge in [-0.05, 0) is 48.9 Å². The first-order valence-corrected chi connectivity index (χ1v) is 7.46. The Morgan fingerprint density at radius 3 is 3.00 bits per heavy atom. The van der Waals surface area contributed by atoms with Crippen molar-refractivity contribution in [2.24, 2.45) is 0 Å². The summed E-state index contributed by atoms with van der Waals surface area (Å²) in [4.78, 5) is 11.2. The van der Waals surface area contributed by atoms with E-state index in [4.69, 9.17) is 4.74 Å². The van der Waals surface area contributed by atoms with Gasteiger partial charge in [0.1, 0.15) is 5.75 Å². The fraction of sp³-hybridized carbons (Fsp3) is 0.562. The van der Waals surface area contributed by atoms with Crippen LogP contribution in [-0.2, 0) is 11.2 Å². The molecule has 2 atom stereocenters. The van der Waals surface area contributed by atoms with Crippen molar-refractivity contribution in [3.63, 3.8) is 0 Å². The van der Waals surface area contributed by atoms with Gasteiger partial charge in [-0.15, -0.1) is 0 Å². The molecule has 0 aromatic heterocycles. The first-order chi connectivity index (χ1) is 9.76. The Bertz CT molecular complexity index is 501. The summed E-state index contributed by atoms with van der Waals surface area (Å²) >= 11 is 0. The van der Waals surface area contributed by atoms with Crippen LogP contribution in [0.15, 0.2) is 18.2 Å². The maximum atomic E-state index is 11.2. The molecule has 0 spiro atoms. The molecule has 1 aromatic carbocycles. The lowest BCUT2D eigenvalue weighted by atomic mass is 9.87. The molecule has 1 amide bonds. The second-order valence-corrected chi connectivity index (χ2v) is 5.72. The molecule has 1 aliphatic carbocycles. The Kier molecular flexibility index (Phi) is 3.92. The third kappa shape index (κ3) is 2.80. The van der Waals surface area contributed by atoms with E-state index in [-0.39, 0.29) is 5.91 Å². The van der Waals surface area contributed by atoms with Crippen molar-refractivity contribution in [2.75, 3.05) is 13.7 Å². The topological polar surface area (TPSA) is 50.4 Å². The van der Waals surface area contributed by atoms with Crippen molar-refractivity contribution in [3.05, 3.63) is 29.3 Å². The lowest BCUT2D eigenvalue weighted by Crippen LogP contribution is -2.38. The standard InChI is InChI=1S/C16H22N2O2/c1-20-13-7-5-11-3-2-4-15(14(11)9-13)17-10-12-6-8-16(19)18-12/h5,7,9,12,15,17H,2-4,6,8,10H2,1H3,(H,18,19). The molecule has 108 valence electrons. The average molecular weight is 274 g/mol. The van der Waals surface area contributed by atoms with E-state index in [1.807, 2.05) is 6.07 Å². The zero-order chi connectivity index (χ0) is 13.9. The molecule has 1 saturated heterocycles. The summed E-state index contributed by atoms with van der Waals surface area (Å²) < 4.78 is 5.34. The van der Waals surface area contributed by atoms with E-state index in [1.54, 1.807) is 7.11 Å². The summed E-state index contributed by atoms with van der Waals surface area (Å²) in [6.45, 7) is 0.854. The molecule has 1 aromatic rings. The van der Waals surface area contributed by atoms with Crippen molar-refractivity contribution in [1.29, 1.82) is 0 Å². The number of amides is 1. The van der Waals surface area contributed by atoms with Crippen molar-refractivity contribution in [2.45, 2.75) is 44.2 Å². The summed E-state index contributed by atoms with van der Waals surface area (Å²) in [6.07, 6.45) is 5.14. The highest BCUT2D eigenvalue weighted by Gasteiger charge is 2.24. The lowest BCUT2D eigenvalue weighted by molar-refractivity contribution is -0.119. The Morgan fingerprint density at radius 2 is 2.25 bits per heavy atom. The van der Waals surface area contributed by atoms with Gasteiger partial charge in [0.25, 0.3) is 0 Å². The van der Waals surface area contributed by atoms with Gasteiger partial charge in [0.05, 0.1) is 7.11 Å². The Labute approximate surface area is 119 Å². The van der Waals surface area contributed by atoms with Crippen LogP contribution >= 0.6 is 0 Å². The minimum absolute atomic E-state index is 0.183. The number of ether oxygens (including phenoxy) is 1. The summed E-state index contributed by atoms with van der Waals surface area (Å²) in [5.41, 5.74) is 2.78. The monoisotopic (exact) mass is 274 g/mol. The van der Waals surface area contributed by atoms with Crippen LogP contribution in [0.25, 0.3) is 0 Å². The molecule has 1 heterocycles. The molecule has 0 radical (unpaired) electrons. The van der Waals surface area contributed by atoms with Gasteiger partial charge in [-0.2, -0.15) is 0 Å². The van der Waals surface area contributed by atoms with Crippen LogP contribution in [0.1, 0.15) is 42.9 Å². The molecule has 0 bridgehead atoms. The molecule has 3 rings (SSSR count). The van der Waals surface area contributed by atoms with E-state index < -0.39 is 0 Å². The Balaban J connectivity index is 1.67. The number of carbonyl (C=O) groups is 1. The highest BCUT2D eigenvalue weighted by Crippen LogP contribution is 2.32. The van der Waals surface area contributed by atoms with Gasteiger partial charge in [0.15, 0.2) is 0 Å². The fourth-order valence-electron chi connectivity index (χ4n) is 3.23. The molecule has 4 heteroatoms. The fourth-order valence-corrected chi connectivity index (χ4v) is 3.23. The number of methoxy groups -OCH3 is 1. The van der Waals surface area contributed by atoms with Crippen LogP contribution in [-0.4, -0.2) is 25.6 Å². The van der Waals surface area contributed by atoms with Gasteiger partial charge in [-0.1, -0.05) is 6.07 Å². The van der Waals surface area contributed by atoms with Gasteiger partial charge in [0.2, 0.25) is 5.91 Å². The zero-order valence-electron chi connectivity index (χ0n) is 11.9. The van der Waals surface area contributed by atoms with E-state index in [0.717, 1.165) is 31.6 Å². The molecule has 0 saturated carbocycles. The Morgan fingerprint density at radius 1 is 1.35 bits per heavy atom. The summed E-state index contributed by atoms with van der Waals surface area (Å²) in [5.74, 6) is 1.11. The van der Waals surface area contributed by atoms with E-state index >= 15 is 0 Å². The lowest BCUT2D eigenvalue weighted by Gasteiger charge is -2.28. The summed E-state index contributed by atoms with van der Waals surface area (Å²) in [5, 5.41) is 6.64. The van der Waals surface area contributed by atoms with Crippen LogP contribution in [0.3, 0.4) is 0 Å². The maximum absolute atomic E-state index is 11.2.